The van der Waals surface area contributed by atoms with Gasteiger partial charge in [0.15, 0.2) is 23.0 Å². The van der Waals surface area contributed by atoms with E-state index in [1.54, 1.807) is 34.5 Å². The number of aliphatic carboxylic acids is 1. The normalized spacial score (nSPS) is 13.9. The van der Waals surface area contributed by atoms with E-state index < -0.39 is 5.97 Å². The highest BCUT2D eigenvalue weighted by atomic mass is 35.5. The van der Waals surface area contributed by atoms with E-state index in [0.29, 0.717) is 17.4 Å². The first-order valence-electron chi connectivity index (χ1n) is 12.0. The van der Waals surface area contributed by atoms with Crippen LogP contribution >= 0.6 is 12.4 Å². The summed E-state index contributed by atoms with van der Waals surface area (Å²) in [6.07, 6.45) is 2.80. The van der Waals surface area contributed by atoms with Crippen LogP contribution in [-0.4, -0.2) is 77.6 Å². The van der Waals surface area contributed by atoms with Gasteiger partial charge in [0.2, 0.25) is 0 Å². The van der Waals surface area contributed by atoms with Crippen LogP contribution in [0.1, 0.15) is 34.6 Å². The standard InChI is InChI=1S/C27H38N2O6.ClH/c1-29(17-21-11-20-14-25(34-4)26(35-5)16-22(20)21)10-6-8-28-9-7-18-12-23(32-2)24(33-3)13-19(18)15-27(30)31;/h12-14,16,21,28H,6-11,15,17H2,1-5H3,(H,30,31);1H/t21-;/m1./s1. The number of carbonyl (C=O) groups is 1. The van der Waals surface area contributed by atoms with Gasteiger partial charge in [0.1, 0.15) is 0 Å². The van der Waals surface area contributed by atoms with Gasteiger partial charge < -0.3 is 34.3 Å². The largest absolute Gasteiger partial charge is 0.493 e. The van der Waals surface area contributed by atoms with Crippen LogP contribution in [0.15, 0.2) is 24.3 Å². The van der Waals surface area contributed by atoms with Crippen molar-refractivity contribution in [1.82, 2.24) is 10.2 Å². The number of carboxylic acid groups (broad SMARTS) is 1. The third-order valence-electron chi connectivity index (χ3n) is 6.60. The molecule has 0 aliphatic heterocycles. The Hall–Kier alpha value is -2.68. The van der Waals surface area contributed by atoms with Crippen LogP contribution in [0.3, 0.4) is 0 Å². The third-order valence-corrected chi connectivity index (χ3v) is 6.60. The van der Waals surface area contributed by atoms with Crippen molar-refractivity contribution in [2.75, 3.05) is 61.7 Å². The zero-order valence-corrected chi connectivity index (χ0v) is 22.7. The summed E-state index contributed by atoms with van der Waals surface area (Å²) in [5.74, 6) is 2.43. The average molecular weight is 523 g/mol. The summed E-state index contributed by atoms with van der Waals surface area (Å²) in [7, 11) is 8.65. The number of carboxylic acids is 1. The van der Waals surface area contributed by atoms with Crippen molar-refractivity contribution in [3.8, 4) is 23.0 Å². The Morgan fingerprint density at radius 2 is 1.53 bits per heavy atom. The Morgan fingerprint density at radius 1 is 0.944 bits per heavy atom. The molecule has 1 aliphatic rings. The molecule has 0 radical (unpaired) electrons. The summed E-state index contributed by atoms with van der Waals surface area (Å²) in [5.41, 5.74) is 4.43. The van der Waals surface area contributed by atoms with Crippen molar-refractivity contribution < 1.29 is 28.8 Å². The molecule has 0 amide bonds. The van der Waals surface area contributed by atoms with E-state index in [4.69, 9.17) is 18.9 Å². The fourth-order valence-electron chi connectivity index (χ4n) is 4.71. The molecule has 0 saturated heterocycles. The molecule has 1 atom stereocenters. The van der Waals surface area contributed by atoms with Gasteiger partial charge in [0.05, 0.1) is 34.9 Å². The van der Waals surface area contributed by atoms with E-state index in [1.807, 2.05) is 6.07 Å². The number of ether oxygens (including phenoxy) is 4. The van der Waals surface area contributed by atoms with Crippen molar-refractivity contribution in [2.24, 2.45) is 0 Å². The van der Waals surface area contributed by atoms with Crippen molar-refractivity contribution in [2.45, 2.75) is 31.6 Å². The second kappa shape index (κ2) is 14.2. The zero-order chi connectivity index (χ0) is 25.4. The number of nitrogens with one attached hydrogen (secondary N) is 1. The second-order valence-corrected chi connectivity index (χ2v) is 8.97. The summed E-state index contributed by atoms with van der Waals surface area (Å²) >= 11 is 0. The molecule has 8 nitrogen and oxygen atoms in total. The highest BCUT2D eigenvalue weighted by Crippen LogP contribution is 2.42. The average Bonchev–Trinajstić information content (AvgIpc) is 2.84. The fourth-order valence-corrected chi connectivity index (χ4v) is 4.71. The molecule has 0 aromatic heterocycles. The van der Waals surface area contributed by atoms with Crippen molar-refractivity contribution >= 4 is 18.4 Å². The molecule has 1 aliphatic carbocycles. The van der Waals surface area contributed by atoms with Gasteiger partial charge in [-0.25, -0.2) is 0 Å². The van der Waals surface area contributed by atoms with Gasteiger partial charge in [-0.1, -0.05) is 0 Å². The molecular weight excluding hydrogens is 484 g/mol. The van der Waals surface area contributed by atoms with E-state index in [2.05, 4.69) is 29.4 Å². The maximum Gasteiger partial charge on any atom is 0.307 e. The summed E-state index contributed by atoms with van der Waals surface area (Å²) in [4.78, 5) is 13.7. The third kappa shape index (κ3) is 7.41. The van der Waals surface area contributed by atoms with Crippen LogP contribution in [0.5, 0.6) is 23.0 Å². The summed E-state index contributed by atoms with van der Waals surface area (Å²) < 4.78 is 21.6. The highest BCUT2D eigenvalue weighted by Gasteiger charge is 2.29. The first-order chi connectivity index (χ1) is 16.9. The van der Waals surface area contributed by atoms with E-state index in [9.17, 15) is 9.90 Å². The molecule has 0 saturated carbocycles. The number of likely N-dealkylation sites (N-methyl/N-ethyl adjacent to an activating group) is 1. The van der Waals surface area contributed by atoms with Crippen LogP contribution in [-0.2, 0) is 24.1 Å². The minimum absolute atomic E-state index is 0. The molecule has 36 heavy (non-hydrogen) atoms. The highest BCUT2D eigenvalue weighted by molar-refractivity contribution is 5.85. The molecule has 2 N–H and O–H groups in total. The Bertz CT molecular complexity index is 1020. The maximum absolute atomic E-state index is 11.3. The molecule has 9 heteroatoms. The van der Waals surface area contributed by atoms with Gasteiger partial charge in [-0.15, -0.1) is 12.4 Å². The van der Waals surface area contributed by atoms with Crippen LogP contribution in [0.25, 0.3) is 0 Å². The predicted molar refractivity (Wildman–Crippen MR) is 143 cm³/mol. The van der Waals surface area contributed by atoms with Gasteiger partial charge in [-0.05, 0) is 92.5 Å². The smallest absolute Gasteiger partial charge is 0.307 e. The number of methoxy groups -OCH3 is 4. The zero-order valence-electron chi connectivity index (χ0n) is 21.9. The molecular formula is C27H39ClN2O6. The minimum atomic E-state index is -0.860. The lowest BCUT2D eigenvalue weighted by Crippen LogP contribution is -2.32. The van der Waals surface area contributed by atoms with E-state index in [1.165, 1.54) is 11.1 Å². The SMILES string of the molecule is COc1cc(CCNCCCN(C)C[C@H]2Cc3cc(OC)c(OC)cc32)c(CC(=O)O)cc1OC.Cl. The lowest BCUT2D eigenvalue weighted by atomic mass is 9.77. The van der Waals surface area contributed by atoms with E-state index in [-0.39, 0.29) is 18.8 Å². The van der Waals surface area contributed by atoms with Gasteiger partial charge in [-0.3, -0.25) is 4.79 Å². The molecule has 0 heterocycles. The van der Waals surface area contributed by atoms with Crippen LogP contribution in [0.4, 0.5) is 0 Å². The number of benzene rings is 2. The fraction of sp³-hybridized carbons (Fsp3) is 0.519. The first kappa shape index (κ1) is 29.5. The van der Waals surface area contributed by atoms with E-state index >= 15 is 0 Å². The van der Waals surface area contributed by atoms with E-state index in [0.717, 1.165) is 68.1 Å². The van der Waals surface area contributed by atoms with Crippen LogP contribution < -0.4 is 24.3 Å². The Labute approximate surface area is 220 Å². The molecule has 0 spiro atoms. The summed E-state index contributed by atoms with van der Waals surface area (Å²) in [5, 5.41) is 12.7. The molecule has 2 aromatic rings. The monoisotopic (exact) mass is 522 g/mol. The topological polar surface area (TPSA) is 89.5 Å². The maximum atomic E-state index is 11.3. The lowest BCUT2D eigenvalue weighted by molar-refractivity contribution is -0.136. The molecule has 0 fully saturated rings. The summed E-state index contributed by atoms with van der Waals surface area (Å²) in [6, 6.07) is 7.86. The van der Waals surface area contributed by atoms with Crippen LogP contribution in [0, 0.1) is 0 Å². The van der Waals surface area contributed by atoms with Gasteiger partial charge in [0.25, 0.3) is 0 Å². The molecule has 2 aromatic carbocycles. The van der Waals surface area contributed by atoms with Crippen molar-refractivity contribution in [3.05, 3.63) is 46.5 Å². The quantitative estimate of drug-likeness (QED) is 0.343. The Morgan fingerprint density at radius 3 is 2.14 bits per heavy atom. The Kier molecular flexibility index (Phi) is 11.6. The molecule has 200 valence electrons. The van der Waals surface area contributed by atoms with Crippen LogP contribution in [0.2, 0.25) is 0 Å². The molecule has 3 rings (SSSR count). The number of rotatable bonds is 15. The number of fused-ring (bicyclic) bond motifs is 1. The lowest BCUT2D eigenvalue weighted by Gasteiger charge is -2.34. The first-order valence-corrected chi connectivity index (χ1v) is 12.0. The van der Waals surface area contributed by atoms with Gasteiger partial charge in [-0.2, -0.15) is 0 Å². The Balaban J connectivity index is 0.00000456. The van der Waals surface area contributed by atoms with Gasteiger partial charge >= 0.3 is 5.97 Å². The molecule has 0 unspecified atom stereocenters. The minimum Gasteiger partial charge on any atom is -0.493 e. The second-order valence-electron chi connectivity index (χ2n) is 8.97. The van der Waals surface area contributed by atoms with Crippen molar-refractivity contribution in [1.29, 1.82) is 0 Å². The number of nitrogens with zero attached hydrogens (tertiary/aromatic N) is 1. The van der Waals surface area contributed by atoms with Gasteiger partial charge in [0, 0.05) is 12.5 Å². The van der Waals surface area contributed by atoms with Crippen molar-refractivity contribution in [3.63, 3.8) is 0 Å². The number of hydrogen-bond donors (Lipinski definition) is 2. The molecule has 0 bridgehead atoms. The summed E-state index contributed by atoms with van der Waals surface area (Å²) in [6.45, 7) is 3.70. The predicted octanol–water partition coefficient (Wildman–Crippen LogP) is 3.56. The number of halogens is 1. The number of hydrogen-bond acceptors (Lipinski definition) is 7.